The van der Waals surface area contributed by atoms with Gasteiger partial charge in [0.15, 0.2) is 0 Å². The molecule has 0 bridgehead atoms. The van der Waals surface area contributed by atoms with Gasteiger partial charge in [-0.25, -0.2) is 0 Å². The molecule has 1 aliphatic rings. The van der Waals surface area contributed by atoms with Gasteiger partial charge in [-0.05, 0) is 37.0 Å². The van der Waals surface area contributed by atoms with Crippen molar-refractivity contribution < 1.29 is 4.79 Å². The molecule has 2 heteroatoms. The Hall–Kier alpha value is -1.46. The van der Waals surface area contributed by atoms with Crippen molar-refractivity contribution in [2.24, 2.45) is 0 Å². The van der Waals surface area contributed by atoms with Crippen LogP contribution in [0.2, 0.25) is 0 Å². The number of hydrogen-bond acceptors (Lipinski definition) is 1. The van der Waals surface area contributed by atoms with Gasteiger partial charge in [0.1, 0.15) is 5.78 Å². The van der Waals surface area contributed by atoms with Crippen LogP contribution in [-0.4, -0.2) is 11.4 Å². The van der Waals surface area contributed by atoms with Gasteiger partial charge in [0.05, 0.1) is 0 Å². The first-order chi connectivity index (χ1) is 9.84. The van der Waals surface area contributed by atoms with E-state index in [1.165, 1.54) is 17.0 Å². The molecular formula is C18H19OP. The zero-order valence-electron chi connectivity index (χ0n) is 11.5. The topological polar surface area (TPSA) is 17.1 Å². The van der Waals surface area contributed by atoms with Gasteiger partial charge in [0.25, 0.3) is 0 Å². The standard InChI is InChI=1S/C18H19OP/c19-15-8-7-13-18(14-15)20(16-9-3-1-4-10-16)17-11-5-2-6-12-17/h1-6,9-12,18H,7-8,13-14H2. The molecule has 1 saturated carbocycles. The summed E-state index contributed by atoms with van der Waals surface area (Å²) in [6, 6.07) is 21.4. The second-order valence-electron chi connectivity index (χ2n) is 5.33. The van der Waals surface area contributed by atoms with Crippen molar-refractivity contribution in [3.8, 4) is 0 Å². The second kappa shape index (κ2) is 6.33. The fraction of sp³-hybridized carbons (Fsp3) is 0.278. The first kappa shape index (κ1) is 13.5. The lowest BCUT2D eigenvalue weighted by atomic mass is 9.99. The van der Waals surface area contributed by atoms with Crippen molar-refractivity contribution in [1.82, 2.24) is 0 Å². The van der Waals surface area contributed by atoms with Gasteiger partial charge in [0.2, 0.25) is 0 Å². The predicted octanol–water partition coefficient (Wildman–Crippen LogP) is 3.63. The summed E-state index contributed by atoms with van der Waals surface area (Å²) in [7, 11) is -0.416. The number of rotatable bonds is 3. The van der Waals surface area contributed by atoms with E-state index in [1.807, 2.05) is 0 Å². The average Bonchev–Trinajstić information content (AvgIpc) is 2.50. The zero-order valence-corrected chi connectivity index (χ0v) is 12.4. The van der Waals surface area contributed by atoms with Crippen molar-refractivity contribution in [3.05, 3.63) is 60.7 Å². The van der Waals surface area contributed by atoms with Crippen LogP contribution in [0, 0.1) is 0 Å². The highest BCUT2D eigenvalue weighted by Crippen LogP contribution is 2.45. The van der Waals surface area contributed by atoms with Crippen LogP contribution in [0.4, 0.5) is 0 Å². The minimum absolute atomic E-state index is 0.416. The van der Waals surface area contributed by atoms with E-state index in [0.29, 0.717) is 11.4 Å². The third kappa shape index (κ3) is 2.99. The van der Waals surface area contributed by atoms with E-state index in [9.17, 15) is 4.79 Å². The van der Waals surface area contributed by atoms with Crippen LogP contribution in [0.1, 0.15) is 25.7 Å². The van der Waals surface area contributed by atoms with Gasteiger partial charge >= 0.3 is 0 Å². The van der Waals surface area contributed by atoms with E-state index < -0.39 is 7.92 Å². The molecule has 0 amide bonds. The Morgan fingerprint density at radius 1 is 0.850 bits per heavy atom. The summed E-state index contributed by atoms with van der Waals surface area (Å²) in [5.74, 6) is 0.445. The molecule has 1 nitrogen and oxygen atoms in total. The fourth-order valence-electron chi connectivity index (χ4n) is 2.97. The molecular weight excluding hydrogens is 263 g/mol. The number of benzene rings is 2. The van der Waals surface area contributed by atoms with Gasteiger partial charge < -0.3 is 0 Å². The third-order valence-electron chi connectivity index (χ3n) is 3.89. The number of carbonyl (C=O) groups excluding carboxylic acids is 1. The van der Waals surface area contributed by atoms with Crippen LogP contribution in [0.5, 0.6) is 0 Å². The molecule has 0 N–H and O–H groups in total. The Kier molecular flexibility index (Phi) is 4.28. The molecule has 1 unspecified atom stereocenters. The van der Waals surface area contributed by atoms with E-state index in [4.69, 9.17) is 0 Å². The van der Waals surface area contributed by atoms with E-state index in [1.54, 1.807) is 0 Å². The van der Waals surface area contributed by atoms with Crippen molar-refractivity contribution in [2.45, 2.75) is 31.3 Å². The first-order valence-corrected chi connectivity index (χ1v) is 8.67. The average molecular weight is 282 g/mol. The molecule has 1 fully saturated rings. The predicted molar refractivity (Wildman–Crippen MR) is 86.3 cm³/mol. The first-order valence-electron chi connectivity index (χ1n) is 7.25. The Morgan fingerprint density at radius 2 is 1.40 bits per heavy atom. The maximum atomic E-state index is 11.9. The van der Waals surface area contributed by atoms with E-state index in [2.05, 4.69) is 60.7 Å². The molecule has 0 saturated heterocycles. The molecule has 20 heavy (non-hydrogen) atoms. The summed E-state index contributed by atoms with van der Waals surface area (Å²) in [6.45, 7) is 0. The van der Waals surface area contributed by atoms with Crippen molar-refractivity contribution in [1.29, 1.82) is 0 Å². The lowest BCUT2D eigenvalue weighted by molar-refractivity contribution is -0.120. The number of hydrogen-bond donors (Lipinski definition) is 0. The lowest BCUT2D eigenvalue weighted by Gasteiger charge is -2.30. The number of Topliss-reactive ketones (excluding diaryl/α,β-unsaturated/α-hetero) is 1. The van der Waals surface area contributed by atoms with Gasteiger partial charge in [0, 0.05) is 12.8 Å². The monoisotopic (exact) mass is 282 g/mol. The molecule has 3 rings (SSSR count). The summed E-state index contributed by atoms with van der Waals surface area (Å²) in [6.07, 6.45) is 3.78. The molecule has 2 aromatic rings. The number of ketones is 1. The molecule has 2 aromatic carbocycles. The maximum absolute atomic E-state index is 11.9. The Morgan fingerprint density at radius 3 is 1.90 bits per heavy atom. The molecule has 1 atom stereocenters. The molecule has 0 spiro atoms. The van der Waals surface area contributed by atoms with Crippen LogP contribution in [-0.2, 0) is 4.79 Å². The van der Waals surface area contributed by atoms with Crippen molar-refractivity contribution in [3.63, 3.8) is 0 Å². The summed E-state index contributed by atoms with van der Waals surface area (Å²) in [4.78, 5) is 11.9. The van der Waals surface area contributed by atoms with Crippen LogP contribution >= 0.6 is 7.92 Å². The Labute approximate surface area is 121 Å². The zero-order chi connectivity index (χ0) is 13.8. The Bertz CT molecular complexity index is 525. The van der Waals surface area contributed by atoms with Crippen LogP contribution in [0.3, 0.4) is 0 Å². The second-order valence-corrected chi connectivity index (χ2v) is 7.83. The quantitative estimate of drug-likeness (QED) is 0.786. The van der Waals surface area contributed by atoms with E-state index >= 15 is 0 Å². The highest BCUT2D eigenvalue weighted by molar-refractivity contribution is 7.73. The van der Waals surface area contributed by atoms with Crippen LogP contribution < -0.4 is 10.6 Å². The minimum atomic E-state index is -0.416. The summed E-state index contributed by atoms with van der Waals surface area (Å²) < 4.78 is 0. The summed E-state index contributed by atoms with van der Waals surface area (Å²) in [5.41, 5.74) is 0.510. The van der Waals surface area contributed by atoms with E-state index in [0.717, 1.165) is 19.3 Å². The summed E-state index contributed by atoms with van der Waals surface area (Å²) in [5, 5.41) is 2.79. The molecule has 0 aliphatic heterocycles. The lowest BCUT2D eigenvalue weighted by Crippen LogP contribution is -2.27. The van der Waals surface area contributed by atoms with Crippen molar-refractivity contribution in [2.75, 3.05) is 0 Å². The van der Waals surface area contributed by atoms with Gasteiger partial charge in [-0.15, -0.1) is 0 Å². The Balaban J connectivity index is 1.97. The molecule has 102 valence electrons. The number of carbonyl (C=O) groups is 1. The van der Waals surface area contributed by atoms with Crippen molar-refractivity contribution >= 4 is 24.3 Å². The summed E-state index contributed by atoms with van der Waals surface area (Å²) >= 11 is 0. The minimum Gasteiger partial charge on any atom is -0.300 e. The van der Waals surface area contributed by atoms with Crippen LogP contribution in [0.25, 0.3) is 0 Å². The molecule has 1 aliphatic carbocycles. The van der Waals surface area contributed by atoms with Crippen LogP contribution in [0.15, 0.2) is 60.7 Å². The van der Waals surface area contributed by atoms with Gasteiger partial charge in [-0.1, -0.05) is 60.7 Å². The van der Waals surface area contributed by atoms with Gasteiger partial charge in [-0.3, -0.25) is 4.79 Å². The van der Waals surface area contributed by atoms with Gasteiger partial charge in [-0.2, -0.15) is 0 Å². The third-order valence-corrected chi connectivity index (χ3v) is 6.77. The highest BCUT2D eigenvalue weighted by atomic mass is 31.1. The van der Waals surface area contributed by atoms with E-state index in [-0.39, 0.29) is 0 Å². The smallest absolute Gasteiger partial charge is 0.133 e. The largest absolute Gasteiger partial charge is 0.300 e. The molecule has 0 radical (unpaired) electrons. The SMILES string of the molecule is O=C1CCCC(P(c2ccccc2)c2ccccc2)C1. The molecule has 0 aromatic heterocycles. The highest BCUT2D eigenvalue weighted by Gasteiger charge is 2.29. The fourth-order valence-corrected chi connectivity index (χ4v) is 5.93. The normalized spacial score (nSPS) is 19.2. The molecule has 0 heterocycles. The maximum Gasteiger partial charge on any atom is 0.133 e.